The Morgan fingerprint density at radius 1 is 1.40 bits per heavy atom. The second-order valence-electron chi connectivity index (χ2n) is 4.82. The van der Waals surface area contributed by atoms with Crippen LogP contribution in [0.2, 0.25) is 0 Å². The molecule has 1 aromatic rings. The number of ether oxygens (including phenoxy) is 1. The van der Waals surface area contributed by atoms with Crippen LogP contribution >= 0.6 is 15.9 Å². The van der Waals surface area contributed by atoms with Crippen molar-refractivity contribution in [1.29, 1.82) is 0 Å². The maximum atomic E-state index is 12.4. The van der Waals surface area contributed by atoms with Crippen LogP contribution in [0.5, 0.6) is 0 Å². The lowest BCUT2D eigenvalue weighted by Crippen LogP contribution is -2.41. The van der Waals surface area contributed by atoms with Crippen molar-refractivity contribution < 1.29 is 13.2 Å². The standard InChI is InChI=1S/C13H21BrN2O3S/c1-4-19-8-12(9(2)3)16-20(17,18)13-7-10(15)5-6-11(13)14/h5-7,9,12,16H,4,8,15H2,1-3H3. The fraction of sp³-hybridized carbons (Fsp3) is 0.538. The molecule has 20 heavy (non-hydrogen) atoms. The SMILES string of the molecule is CCOCC(NS(=O)(=O)c1cc(N)ccc1Br)C(C)C. The minimum Gasteiger partial charge on any atom is -0.399 e. The van der Waals surface area contributed by atoms with Crippen molar-refractivity contribution >= 4 is 31.6 Å². The highest BCUT2D eigenvalue weighted by atomic mass is 79.9. The van der Waals surface area contributed by atoms with Gasteiger partial charge in [0.25, 0.3) is 0 Å². The Balaban J connectivity index is 3.00. The van der Waals surface area contributed by atoms with Gasteiger partial charge in [0.1, 0.15) is 0 Å². The summed E-state index contributed by atoms with van der Waals surface area (Å²) >= 11 is 3.24. The second kappa shape index (κ2) is 7.40. The molecular formula is C13H21BrN2O3S. The van der Waals surface area contributed by atoms with Gasteiger partial charge in [0, 0.05) is 22.8 Å². The van der Waals surface area contributed by atoms with E-state index in [1.54, 1.807) is 12.1 Å². The highest BCUT2D eigenvalue weighted by Gasteiger charge is 2.24. The molecule has 1 atom stereocenters. The Kier molecular flexibility index (Phi) is 6.44. The summed E-state index contributed by atoms with van der Waals surface area (Å²) in [5.74, 6) is 0.121. The first-order chi connectivity index (χ1) is 9.27. The summed E-state index contributed by atoms with van der Waals surface area (Å²) in [6, 6.07) is 4.41. The van der Waals surface area contributed by atoms with Gasteiger partial charge < -0.3 is 10.5 Å². The molecule has 1 aromatic carbocycles. The van der Waals surface area contributed by atoms with E-state index >= 15 is 0 Å². The fourth-order valence-corrected chi connectivity index (χ4v) is 3.96. The molecule has 114 valence electrons. The van der Waals surface area contributed by atoms with Crippen LogP contribution in [0.15, 0.2) is 27.6 Å². The lowest BCUT2D eigenvalue weighted by molar-refractivity contribution is 0.116. The van der Waals surface area contributed by atoms with Crippen molar-refractivity contribution in [2.45, 2.75) is 31.7 Å². The monoisotopic (exact) mass is 364 g/mol. The number of nitrogens with one attached hydrogen (secondary N) is 1. The molecule has 0 aliphatic heterocycles. The molecule has 0 heterocycles. The van der Waals surface area contributed by atoms with Crippen LogP contribution in [0.4, 0.5) is 5.69 Å². The number of hydrogen-bond donors (Lipinski definition) is 2. The van der Waals surface area contributed by atoms with Crippen molar-refractivity contribution in [3.63, 3.8) is 0 Å². The predicted molar refractivity (Wildman–Crippen MR) is 84.0 cm³/mol. The van der Waals surface area contributed by atoms with Gasteiger partial charge in [0.05, 0.1) is 11.5 Å². The third-order valence-corrected chi connectivity index (χ3v) is 5.34. The zero-order valence-corrected chi connectivity index (χ0v) is 14.3. The third kappa shape index (κ3) is 4.73. The molecule has 0 amide bonds. The van der Waals surface area contributed by atoms with E-state index in [9.17, 15) is 8.42 Å². The summed E-state index contributed by atoms with van der Waals surface area (Å²) in [5.41, 5.74) is 6.06. The molecule has 0 saturated carbocycles. The Morgan fingerprint density at radius 3 is 2.60 bits per heavy atom. The van der Waals surface area contributed by atoms with Crippen LogP contribution in [0.1, 0.15) is 20.8 Å². The summed E-state index contributed by atoms with van der Waals surface area (Å²) < 4.78 is 33.3. The maximum Gasteiger partial charge on any atom is 0.242 e. The van der Waals surface area contributed by atoms with Gasteiger partial charge in [-0.25, -0.2) is 13.1 Å². The number of sulfonamides is 1. The van der Waals surface area contributed by atoms with Crippen molar-refractivity contribution in [3.05, 3.63) is 22.7 Å². The topological polar surface area (TPSA) is 81.4 Å². The number of anilines is 1. The molecule has 7 heteroatoms. The van der Waals surface area contributed by atoms with E-state index < -0.39 is 10.0 Å². The lowest BCUT2D eigenvalue weighted by atomic mass is 10.1. The normalized spacial score (nSPS) is 13.7. The maximum absolute atomic E-state index is 12.4. The lowest BCUT2D eigenvalue weighted by Gasteiger charge is -2.22. The van der Waals surface area contributed by atoms with E-state index in [-0.39, 0.29) is 16.9 Å². The Labute approximate surface area is 129 Å². The summed E-state index contributed by atoms with van der Waals surface area (Å²) in [6.07, 6.45) is 0. The smallest absolute Gasteiger partial charge is 0.242 e. The van der Waals surface area contributed by atoms with Crippen LogP contribution < -0.4 is 10.5 Å². The Morgan fingerprint density at radius 2 is 2.05 bits per heavy atom. The fourth-order valence-electron chi connectivity index (χ4n) is 1.60. The molecule has 0 aliphatic rings. The van der Waals surface area contributed by atoms with E-state index in [1.165, 1.54) is 6.07 Å². The molecule has 1 rings (SSSR count). The van der Waals surface area contributed by atoms with Crippen LogP contribution in [0, 0.1) is 5.92 Å². The Bertz CT molecular complexity index is 547. The van der Waals surface area contributed by atoms with Crippen LogP contribution in [-0.4, -0.2) is 27.7 Å². The number of hydrogen-bond acceptors (Lipinski definition) is 4. The molecule has 1 unspecified atom stereocenters. The third-order valence-electron chi connectivity index (χ3n) is 2.86. The molecule has 0 radical (unpaired) electrons. The second-order valence-corrected chi connectivity index (χ2v) is 7.36. The molecule has 5 nitrogen and oxygen atoms in total. The quantitative estimate of drug-likeness (QED) is 0.727. The van der Waals surface area contributed by atoms with E-state index in [2.05, 4.69) is 20.7 Å². The number of nitrogen functional groups attached to an aromatic ring is 1. The van der Waals surface area contributed by atoms with Gasteiger partial charge in [0.15, 0.2) is 0 Å². The molecule has 3 N–H and O–H groups in total. The summed E-state index contributed by atoms with van der Waals surface area (Å²) in [5, 5.41) is 0. The number of benzene rings is 1. The summed E-state index contributed by atoms with van der Waals surface area (Å²) in [4.78, 5) is 0.139. The first kappa shape index (κ1) is 17.4. The van der Waals surface area contributed by atoms with Gasteiger partial charge >= 0.3 is 0 Å². The minimum atomic E-state index is -3.64. The number of nitrogens with two attached hydrogens (primary N) is 1. The van der Waals surface area contributed by atoms with E-state index in [4.69, 9.17) is 10.5 Å². The highest BCUT2D eigenvalue weighted by Crippen LogP contribution is 2.24. The van der Waals surface area contributed by atoms with Gasteiger partial charge in [-0.1, -0.05) is 13.8 Å². The zero-order chi connectivity index (χ0) is 15.3. The van der Waals surface area contributed by atoms with Crippen LogP contribution in [0.25, 0.3) is 0 Å². The zero-order valence-electron chi connectivity index (χ0n) is 11.9. The van der Waals surface area contributed by atoms with Crippen molar-refractivity contribution in [2.24, 2.45) is 5.92 Å². The predicted octanol–water partition coefficient (Wildman–Crippen LogP) is 2.37. The van der Waals surface area contributed by atoms with E-state index in [0.29, 0.717) is 23.4 Å². The molecule has 0 saturated heterocycles. The summed E-state index contributed by atoms with van der Waals surface area (Å²) in [6.45, 7) is 6.65. The molecule has 0 aromatic heterocycles. The highest BCUT2D eigenvalue weighted by molar-refractivity contribution is 9.10. The van der Waals surface area contributed by atoms with Crippen molar-refractivity contribution in [3.8, 4) is 0 Å². The van der Waals surface area contributed by atoms with Gasteiger partial charge in [-0.3, -0.25) is 0 Å². The molecule has 0 aliphatic carbocycles. The van der Waals surface area contributed by atoms with Crippen molar-refractivity contribution in [2.75, 3.05) is 18.9 Å². The minimum absolute atomic E-state index is 0.121. The van der Waals surface area contributed by atoms with Crippen LogP contribution in [-0.2, 0) is 14.8 Å². The molecule has 0 bridgehead atoms. The largest absolute Gasteiger partial charge is 0.399 e. The van der Waals surface area contributed by atoms with Crippen LogP contribution in [0.3, 0.4) is 0 Å². The molecule has 0 spiro atoms. The van der Waals surface area contributed by atoms with Gasteiger partial charge in [0.2, 0.25) is 10.0 Å². The first-order valence-electron chi connectivity index (χ1n) is 6.43. The first-order valence-corrected chi connectivity index (χ1v) is 8.70. The van der Waals surface area contributed by atoms with Crippen molar-refractivity contribution in [1.82, 2.24) is 4.72 Å². The van der Waals surface area contributed by atoms with Gasteiger partial charge in [-0.2, -0.15) is 0 Å². The van der Waals surface area contributed by atoms with Gasteiger partial charge in [-0.05, 0) is 47.0 Å². The summed E-state index contributed by atoms with van der Waals surface area (Å²) in [7, 11) is -3.64. The Hall–Kier alpha value is -0.630. The van der Waals surface area contributed by atoms with Gasteiger partial charge in [-0.15, -0.1) is 0 Å². The van der Waals surface area contributed by atoms with E-state index in [1.807, 2.05) is 20.8 Å². The number of halogens is 1. The molecular weight excluding hydrogens is 344 g/mol. The van der Waals surface area contributed by atoms with E-state index in [0.717, 1.165) is 0 Å². The molecule has 0 fully saturated rings. The average molecular weight is 365 g/mol. The average Bonchev–Trinajstić information content (AvgIpc) is 2.36. The number of rotatable bonds is 7.